The first-order chi connectivity index (χ1) is 9.83. The molecule has 0 aromatic rings. The summed E-state index contributed by atoms with van der Waals surface area (Å²) >= 11 is 0. The second-order valence-electron chi connectivity index (χ2n) is 7.18. The van der Waals surface area contributed by atoms with Gasteiger partial charge in [-0.25, -0.2) is 0 Å². The number of hydrogen-bond donors (Lipinski definition) is 2. The van der Waals surface area contributed by atoms with E-state index >= 15 is 0 Å². The van der Waals surface area contributed by atoms with Gasteiger partial charge in [0.05, 0.1) is 6.54 Å². The summed E-state index contributed by atoms with van der Waals surface area (Å²) in [7, 11) is 0. The van der Waals surface area contributed by atoms with Crippen LogP contribution in [0, 0.1) is 11.8 Å². The Hall–Kier alpha value is -0.570. The number of carbonyl (C=O) groups is 1. The van der Waals surface area contributed by atoms with Crippen molar-refractivity contribution in [3.05, 3.63) is 0 Å². The third kappa shape index (κ3) is 3.97. The lowest BCUT2D eigenvalue weighted by Gasteiger charge is -2.39. The van der Waals surface area contributed by atoms with Crippen molar-refractivity contribution in [2.24, 2.45) is 11.8 Å². The van der Waals surface area contributed by atoms with E-state index in [1.54, 1.807) is 0 Å². The molecule has 3 aliphatic carbocycles. The molecule has 2 atom stereocenters. The molecular weight excluding hydrogens is 248 g/mol. The summed E-state index contributed by atoms with van der Waals surface area (Å²) in [6.07, 6.45) is 14.9. The van der Waals surface area contributed by atoms with Crippen LogP contribution in [0.4, 0.5) is 0 Å². The normalized spacial score (nSPS) is 32.0. The molecule has 114 valence electrons. The van der Waals surface area contributed by atoms with Crippen LogP contribution in [0.5, 0.6) is 0 Å². The molecule has 2 N–H and O–H groups in total. The standard InChI is InChI=1S/C17H30N2O/c20-17(19-14-10-11-14)12-18-16-9-5-4-8-15(16)13-6-2-1-3-7-13/h13-16,18H,1-12H2,(H,19,20). The second-order valence-corrected chi connectivity index (χ2v) is 7.18. The molecule has 0 aliphatic heterocycles. The van der Waals surface area contributed by atoms with E-state index in [0.717, 1.165) is 11.8 Å². The maximum atomic E-state index is 11.8. The van der Waals surface area contributed by atoms with Crippen molar-refractivity contribution in [2.45, 2.75) is 82.7 Å². The fourth-order valence-electron chi connectivity index (χ4n) is 4.27. The SMILES string of the molecule is O=C(CNC1CCCCC1C1CCCCC1)NC1CC1. The van der Waals surface area contributed by atoms with Crippen LogP contribution in [-0.2, 0) is 4.79 Å². The van der Waals surface area contributed by atoms with E-state index < -0.39 is 0 Å². The highest BCUT2D eigenvalue weighted by Crippen LogP contribution is 2.38. The molecule has 3 aliphatic rings. The molecule has 0 heterocycles. The second kappa shape index (κ2) is 6.93. The Balaban J connectivity index is 1.47. The van der Waals surface area contributed by atoms with Crippen molar-refractivity contribution in [1.29, 1.82) is 0 Å². The Kier molecular flexibility index (Phi) is 4.98. The van der Waals surface area contributed by atoms with E-state index in [1.807, 2.05) is 0 Å². The van der Waals surface area contributed by atoms with E-state index in [4.69, 9.17) is 0 Å². The third-order valence-corrected chi connectivity index (χ3v) is 5.54. The topological polar surface area (TPSA) is 41.1 Å². The minimum atomic E-state index is 0.209. The maximum Gasteiger partial charge on any atom is 0.234 e. The summed E-state index contributed by atoms with van der Waals surface area (Å²) in [6, 6.07) is 1.08. The zero-order valence-electron chi connectivity index (χ0n) is 12.7. The molecule has 3 heteroatoms. The van der Waals surface area contributed by atoms with Gasteiger partial charge in [-0.2, -0.15) is 0 Å². The molecule has 0 radical (unpaired) electrons. The maximum absolute atomic E-state index is 11.8. The van der Waals surface area contributed by atoms with Crippen LogP contribution in [0.2, 0.25) is 0 Å². The summed E-state index contributed by atoms with van der Waals surface area (Å²) in [4.78, 5) is 11.8. The van der Waals surface area contributed by atoms with Gasteiger partial charge < -0.3 is 10.6 Å². The van der Waals surface area contributed by atoms with Crippen molar-refractivity contribution in [3.63, 3.8) is 0 Å². The molecule has 3 saturated carbocycles. The zero-order valence-corrected chi connectivity index (χ0v) is 12.7. The third-order valence-electron chi connectivity index (χ3n) is 5.54. The van der Waals surface area contributed by atoms with Crippen LogP contribution in [0.25, 0.3) is 0 Å². The van der Waals surface area contributed by atoms with Crippen LogP contribution in [0.15, 0.2) is 0 Å². The lowest BCUT2D eigenvalue weighted by atomic mass is 9.71. The van der Waals surface area contributed by atoms with Crippen molar-refractivity contribution in [2.75, 3.05) is 6.54 Å². The predicted octanol–water partition coefficient (Wildman–Crippen LogP) is 2.99. The molecule has 2 unspecified atom stereocenters. The fourth-order valence-corrected chi connectivity index (χ4v) is 4.27. The molecule has 3 rings (SSSR count). The number of nitrogens with one attached hydrogen (secondary N) is 2. The van der Waals surface area contributed by atoms with Gasteiger partial charge in [-0.3, -0.25) is 4.79 Å². The Bertz CT molecular complexity index is 321. The van der Waals surface area contributed by atoms with Crippen LogP contribution >= 0.6 is 0 Å². The van der Waals surface area contributed by atoms with E-state index in [0.29, 0.717) is 18.6 Å². The van der Waals surface area contributed by atoms with E-state index in [9.17, 15) is 4.79 Å². The zero-order chi connectivity index (χ0) is 13.8. The molecule has 3 fully saturated rings. The number of amides is 1. The minimum Gasteiger partial charge on any atom is -0.352 e. The van der Waals surface area contributed by atoms with Crippen LogP contribution in [-0.4, -0.2) is 24.5 Å². The molecular formula is C17H30N2O. The smallest absolute Gasteiger partial charge is 0.234 e. The van der Waals surface area contributed by atoms with Gasteiger partial charge in [-0.05, 0) is 37.5 Å². The Morgan fingerprint density at radius 1 is 0.850 bits per heavy atom. The quantitative estimate of drug-likeness (QED) is 0.811. The molecule has 0 bridgehead atoms. The molecule has 0 spiro atoms. The molecule has 3 nitrogen and oxygen atoms in total. The fraction of sp³-hybridized carbons (Fsp3) is 0.941. The van der Waals surface area contributed by atoms with E-state index in [1.165, 1.54) is 70.6 Å². The first-order valence-corrected chi connectivity index (χ1v) is 8.85. The van der Waals surface area contributed by atoms with Crippen LogP contribution < -0.4 is 10.6 Å². The Morgan fingerprint density at radius 3 is 2.30 bits per heavy atom. The Morgan fingerprint density at radius 2 is 1.55 bits per heavy atom. The highest BCUT2D eigenvalue weighted by Gasteiger charge is 2.32. The largest absolute Gasteiger partial charge is 0.352 e. The summed E-state index contributed by atoms with van der Waals surface area (Å²) in [5, 5.41) is 6.68. The minimum absolute atomic E-state index is 0.209. The van der Waals surface area contributed by atoms with E-state index in [-0.39, 0.29) is 5.91 Å². The summed E-state index contributed by atoms with van der Waals surface area (Å²) in [5.41, 5.74) is 0. The molecule has 1 amide bonds. The van der Waals surface area contributed by atoms with Crippen molar-refractivity contribution < 1.29 is 4.79 Å². The molecule has 0 saturated heterocycles. The first-order valence-electron chi connectivity index (χ1n) is 8.85. The van der Waals surface area contributed by atoms with Crippen molar-refractivity contribution in [1.82, 2.24) is 10.6 Å². The summed E-state index contributed by atoms with van der Waals surface area (Å²) in [5.74, 6) is 1.96. The van der Waals surface area contributed by atoms with Gasteiger partial charge in [0.1, 0.15) is 0 Å². The average Bonchev–Trinajstić information content (AvgIpc) is 3.30. The highest BCUT2D eigenvalue weighted by atomic mass is 16.2. The van der Waals surface area contributed by atoms with Crippen LogP contribution in [0.3, 0.4) is 0 Å². The van der Waals surface area contributed by atoms with Gasteiger partial charge in [0.15, 0.2) is 0 Å². The number of carbonyl (C=O) groups excluding carboxylic acids is 1. The van der Waals surface area contributed by atoms with Gasteiger partial charge in [0, 0.05) is 12.1 Å². The van der Waals surface area contributed by atoms with Gasteiger partial charge in [-0.15, -0.1) is 0 Å². The predicted molar refractivity (Wildman–Crippen MR) is 81.5 cm³/mol. The Labute approximate surface area is 123 Å². The first kappa shape index (κ1) is 14.4. The van der Waals surface area contributed by atoms with Gasteiger partial charge >= 0.3 is 0 Å². The van der Waals surface area contributed by atoms with E-state index in [2.05, 4.69) is 10.6 Å². The molecule has 0 aromatic carbocycles. The van der Waals surface area contributed by atoms with Gasteiger partial charge in [-0.1, -0.05) is 44.9 Å². The van der Waals surface area contributed by atoms with Crippen LogP contribution in [0.1, 0.15) is 70.6 Å². The highest BCUT2D eigenvalue weighted by molar-refractivity contribution is 5.78. The molecule has 20 heavy (non-hydrogen) atoms. The number of hydrogen-bond acceptors (Lipinski definition) is 2. The monoisotopic (exact) mass is 278 g/mol. The number of rotatable bonds is 5. The average molecular weight is 278 g/mol. The van der Waals surface area contributed by atoms with Crippen molar-refractivity contribution >= 4 is 5.91 Å². The van der Waals surface area contributed by atoms with Gasteiger partial charge in [0.25, 0.3) is 0 Å². The lowest BCUT2D eigenvalue weighted by Crippen LogP contribution is -2.46. The van der Waals surface area contributed by atoms with Crippen molar-refractivity contribution in [3.8, 4) is 0 Å². The molecule has 0 aromatic heterocycles. The lowest BCUT2D eigenvalue weighted by molar-refractivity contribution is -0.120. The van der Waals surface area contributed by atoms with Gasteiger partial charge in [0.2, 0.25) is 5.91 Å². The summed E-state index contributed by atoms with van der Waals surface area (Å²) < 4.78 is 0. The summed E-state index contributed by atoms with van der Waals surface area (Å²) in [6.45, 7) is 0.532.